The van der Waals surface area contributed by atoms with Crippen molar-refractivity contribution < 1.29 is 4.39 Å². The standard InChI is InChI=1S/C13H18FN3/c1-3-13(4-2,8-15)12-16-10-6-5-9(14)7-11(10)17-12/h5-7H,3-4,8,15H2,1-2H3,(H,16,17). The van der Waals surface area contributed by atoms with Crippen molar-refractivity contribution in [1.29, 1.82) is 0 Å². The van der Waals surface area contributed by atoms with Crippen LogP contribution in [0, 0.1) is 5.82 Å². The van der Waals surface area contributed by atoms with Gasteiger partial charge in [0.15, 0.2) is 0 Å². The molecule has 0 aliphatic rings. The van der Waals surface area contributed by atoms with E-state index in [1.54, 1.807) is 6.07 Å². The summed E-state index contributed by atoms with van der Waals surface area (Å²) in [7, 11) is 0. The van der Waals surface area contributed by atoms with Crippen LogP contribution in [0.2, 0.25) is 0 Å². The highest BCUT2D eigenvalue weighted by Gasteiger charge is 2.30. The number of fused-ring (bicyclic) bond motifs is 1. The van der Waals surface area contributed by atoms with Crippen LogP contribution in [0.15, 0.2) is 18.2 Å². The lowest BCUT2D eigenvalue weighted by molar-refractivity contribution is 0.387. The maximum absolute atomic E-state index is 13.1. The predicted molar refractivity (Wildman–Crippen MR) is 67.4 cm³/mol. The van der Waals surface area contributed by atoms with Gasteiger partial charge in [-0.1, -0.05) is 13.8 Å². The van der Waals surface area contributed by atoms with Gasteiger partial charge >= 0.3 is 0 Å². The third-order valence-electron chi connectivity index (χ3n) is 3.69. The second-order valence-corrected chi connectivity index (χ2v) is 4.44. The first kappa shape index (κ1) is 12.0. The Morgan fingerprint density at radius 2 is 2.06 bits per heavy atom. The summed E-state index contributed by atoms with van der Waals surface area (Å²) >= 11 is 0. The molecular formula is C13H18FN3. The van der Waals surface area contributed by atoms with E-state index in [0.717, 1.165) is 29.7 Å². The van der Waals surface area contributed by atoms with E-state index in [-0.39, 0.29) is 11.2 Å². The molecule has 0 fully saturated rings. The SMILES string of the molecule is CCC(CC)(CN)c1nc2ccc(F)cc2[nH]1. The number of hydrogen-bond donors (Lipinski definition) is 2. The van der Waals surface area contributed by atoms with Gasteiger partial charge in [-0.2, -0.15) is 0 Å². The number of aromatic nitrogens is 2. The number of rotatable bonds is 4. The highest BCUT2D eigenvalue weighted by molar-refractivity contribution is 5.75. The van der Waals surface area contributed by atoms with Crippen LogP contribution >= 0.6 is 0 Å². The molecule has 2 aromatic rings. The predicted octanol–water partition coefficient (Wildman–Crippen LogP) is 2.72. The Labute approximate surface area is 100 Å². The second-order valence-electron chi connectivity index (χ2n) is 4.44. The first-order valence-corrected chi connectivity index (χ1v) is 6.01. The normalized spacial score (nSPS) is 12.2. The molecule has 1 heterocycles. The van der Waals surface area contributed by atoms with Gasteiger partial charge in [-0.25, -0.2) is 9.37 Å². The average Bonchev–Trinajstić information content (AvgIpc) is 2.75. The number of nitrogens with zero attached hydrogens (tertiary/aromatic N) is 1. The molecule has 3 nitrogen and oxygen atoms in total. The van der Waals surface area contributed by atoms with Gasteiger partial charge in [0.05, 0.1) is 11.0 Å². The van der Waals surface area contributed by atoms with Crippen molar-refractivity contribution in [3.63, 3.8) is 0 Å². The fourth-order valence-corrected chi connectivity index (χ4v) is 2.20. The number of imidazole rings is 1. The number of nitrogens with two attached hydrogens (primary N) is 1. The molecule has 92 valence electrons. The quantitative estimate of drug-likeness (QED) is 0.856. The minimum atomic E-state index is -0.251. The summed E-state index contributed by atoms with van der Waals surface area (Å²) in [4.78, 5) is 7.74. The molecule has 0 spiro atoms. The first-order chi connectivity index (χ1) is 8.15. The van der Waals surface area contributed by atoms with Gasteiger partial charge in [-0.15, -0.1) is 0 Å². The van der Waals surface area contributed by atoms with Crippen molar-refractivity contribution in [1.82, 2.24) is 9.97 Å². The molecule has 0 aliphatic heterocycles. The lowest BCUT2D eigenvalue weighted by Gasteiger charge is -2.27. The molecule has 0 saturated heterocycles. The van der Waals surface area contributed by atoms with E-state index < -0.39 is 0 Å². The largest absolute Gasteiger partial charge is 0.341 e. The lowest BCUT2D eigenvalue weighted by Crippen LogP contribution is -2.35. The molecule has 0 unspecified atom stereocenters. The van der Waals surface area contributed by atoms with Crippen LogP contribution in [0.25, 0.3) is 11.0 Å². The van der Waals surface area contributed by atoms with E-state index >= 15 is 0 Å². The third-order valence-corrected chi connectivity index (χ3v) is 3.69. The van der Waals surface area contributed by atoms with Crippen molar-refractivity contribution in [3.05, 3.63) is 29.8 Å². The Morgan fingerprint density at radius 1 is 1.35 bits per heavy atom. The van der Waals surface area contributed by atoms with Gasteiger partial charge in [-0.3, -0.25) is 0 Å². The van der Waals surface area contributed by atoms with E-state index in [1.807, 2.05) is 0 Å². The van der Waals surface area contributed by atoms with E-state index in [2.05, 4.69) is 23.8 Å². The molecule has 0 radical (unpaired) electrons. The van der Waals surface area contributed by atoms with Crippen molar-refractivity contribution in [3.8, 4) is 0 Å². The molecule has 3 N–H and O–H groups in total. The fourth-order valence-electron chi connectivity index (χ4n) is 2.20. The highest BCUT2D eigenvalue weighted by atomic mass is 19.1. The highest BCUT2D eigenvalue weighted by Crippen LogP contribution is 2.29. The van der Waals surface area contributed by atoms with Gasteiger partial charge in [0.1, 0.15) is 11.6 Å². The van der Waals surface area contributed by atoms with Crippen molar-refractivity contribution >= 4 is 11.0 Å². The number of nitrogens with one attached hydrogen (secondary N) is 1. The summed E-state index contributed by atoms with van der Waals surface area (Å²) < 4.78 is 13.1. The van der Waals surface area contributed by atoms with E-state index in [0.29, 0.717) is 6.54 Å². The topological polar surface area (TPSA) is 54.7 Å². The number of hydrogen-bond acceptors (Lipinski definition) is 2. The molecule has 0 saturated carbocycles. The van der Waals surface area contributed by atoms with Crippen LogP contribution in [-0.2, 0) is 5.41 Å². The van der Waals surface area contributed by atoms with Crippen LogP contribution < -0.4 is 5.73 Å². The monoisotopic (exact) mass is 235 g/mol. The van der Waals surface area contributed by atoms with Gasteiger partial charge < -0.3 is 10.7 Å². The van der Waals surface area contributed by atoms with Gasteiger partial charge in [0.25, 0.3) is 0 Å². The number of H-pyrrole nitrogens is 1. The molecule has 17 heavy (non-hydrogen) atoms. The summed E-state index contributed by atoms with van der Waals surface area (Å²) in [5, 5.41) is 0. The summed E-state index contributed by atoms with van der Waals surface area (Å²) in [5.41, 5.74) is 7.28. The smallest absolute Gasteiger partial charge is 0.125 e. The molecule has 0 bridgehead atoms. The summed E-state index contributed by atoms with van der Waals surface area (Å²) in [5.74, 6) is 0.615. The van der Waals surface area contributed by atoms with Crippen LogP contribution in [0.5, 0.6) is 0 Å². The lowest BCUT2D eigenvalue weighted by atomic mass is 9.82. The van der Waals surface area contributed by atoms with Crippen LogP contribution in [0.3, 0.4) is 0 Å². The molecular weight excluding hydrogens is 217 g/mol. The van der Waals surface area contributed by atoms with Crippen molar-refractivity contribution in [2.75, 3.05) is 6.54 Å². The zero-order valence-electron chi connectivity index (χ0n) is 10.3. The summed E-state index contributed by atoms with van der Waals surface area (Å²) in [6.07, 6.45) is 1.84. The average molecular weight is 235 g/mol. The van der Waals surface area contributed by atoms with Crippen LogP contribution in [0.1, 0.15) is 32.5 Å². The maximum atomic E-state index is 13.1. The Kier molecular flexibility index (Phi) is 3.15. The Morgan fingerprint density at radius 3 is 2.65 bits per heavy atom. The van der Waals surface area contributed by atoms with Gasteiger partial charge in [0, 0.05) is 12.0 Å². The fraction of sp³-hybridized carbons (Fsp3) is 0.462. The second kappa shape index (κ2) is 4.45. The van der Waals surface area contributed by atoms with Crippen molar-refractivity contribution in [2.24, 2.45) is 5.73 Å². The van der Waals surface area contributed by atoms with Gasteiger partial charge in [0.2, 0.25) is 0 Å². The molecule has 0 aliphatic carbocycles. The summed E-state index contributed by atoms with van der Waals surface area (Å²) in [6.45, 7) is 4.75. The first-order valence-electron chi connectivity index (χ1n) is 6.01. The molecule has 1 aromatic heterocycles. The number of aromatic amines is 1. The Bertz CT molecular complexity index is 506. The number of halogens is 1. The van der Waals surface area contributed by atoms with Crippen molar-refractivity contribution in [2.45, 2.75) is 32.1 Å². The van der Waals surface area contributed by atoms with E-state index in [4.69, 9.17) is 5.73 Å². The Hall–Kier alpha value is -1.42. The zero-order chi connectivity index (χ0) is 12.5. The number of benzene rings is 1. The van der Waals surface area contributed by atoms with Crippen LogP contribution in [-0.4, -0.2) is 16.5 Å². The van der Waals surface area contributed by atoms with Gasteiger partial charge in [-0.05, 0) is 31.0 Å². The molecule has 2 rings (SSSR count). The summed E-state index contributed by atoms with van der Waals surface area (Å²) in [6, 6.07) is 4.59. The van der Waals surface area contributed by atoms with Crippen LogP contribution in [0.4, 0.5) is 4.39 Å². The van der Waals surface area contributed by atoms with E-state index in [1.165, 1.54) is 12.1 Å². The molecule has 1 aromatic carbocycles. The third kappa shape index (κ3) is 1.93. The molecule has 0 amide bonds. The maximum Gasteiger partial charge on any atom is 0.125 e. The Balaban J connectivity index is 2.55. The van der Waals surface area contributed by atoms with E-state index in [9.17, 15) is 4.39 Å². The molecule has 0 atom stereocenters. The minimum Gasteiger partial charge on any atom is -0.341 e. The minimum absolute atomic E-state index is 0.129. The zero-order valence-corrected chi connectivity index (χ0v) is 10.3. The molecule has 4 heteroatoms.